The zero-order chi connectivity index (χ0) is 13.3. The van der Waals surface area contributed by atoms with E-state index in [0.717, 1.165) is 25.2 Å². The molecule has 0 amide bonds. The largest absolute Gasteiger partial charge is 0.487 e. The lowest BCUT2D eigenvalue weighted by molar-refractivity contribution is 0.212. The molecule has 0 bridgehead atoms. The lowest BCUT2D eigenvalue weighted by atomic mass is 10.2. The highest BCUT2D eigenvalue weighted by Gasteiger charge is 2.24. The summed E-state index contributed by atoms with van der Waals surface area (Å²) in [6.07, 6.45) is 1.09. The van der Waals surface area contributed by atoms with E-state index < -0.39 is 9.05 Å². The maximum atomic E-state index is 11.4. The summed E-state index contributed by atoms with van der Waals surface area (Å²) >= 11 is 0. The third kappa shape index (κ3) is 2.72. The minimum Gasteiger partial charge on any atom is -0.487 e. The van der Waals surface area contributed by atoms with E-state index in [4.69, 9.17) is 15.4 Å². The summed E-state index contributed by atoms with van der Waals surface area (Å²) in [6, 6.07) is 4.73. The van der Waals surface area contributed by atoms with Crippen LogP contribution in [0, 0.1) is 0 Å². The van der Waals surface area contributed by atoms with Gasteiger partial charge in [-0.05, 0) is 31.5 Å². The SMILES string of the molecule is CCCN1CC(C)Oc2ccc(S(=O)(=O)Cl)cc21. The number of ether oxygens (including phenoxy) is 1. The highest BCUT2D eigenvalue weighted by Crippen LogP contribution is 2.36. The molecule has 0 fully saturated rings. The van der Waals surface area contributed by atoms with Gasteiger partial charge in [-0.3, -0.25) is 0 Å². The fourth-order valence-corrected chi connectivity index (χ4v) is 2.91. The average molecular weight is 290 g/mol. The van der Waals surface area contributed by atoms with Gasteiger partial charge in [0.05, 0.1) is 17.1 Å². The molecule has 1 unspecified atom stereocenters. The molecule has 1 aromatic rings. The van der Waals surface area contributed by atoms with Crippen molar-refractivity contribution in [2.24, 2.45) is 0 Å². The molecule has 0 N–H and O–H groups in total. The average Bonchev–Trinajstić information content (AvgIpc) is 2.27. The molecule has 4 nitrogen and oxygen atoms in total. The van der Waals surface area contributed by atoms with Gasteiger partial charge in [-0.2, -0.15) is 0 Å². The van der Waals surface area contributed by atoms with Crippen LogP contribution in [0.15, 0.2) is 23.1 Å². The summed E-state index contributed by atoms with van der Waals surface area (Å²) in [7, 11) is 1.67. The number of hydrogen-bond donors (Lipinski definition) is 0. The number of benzene rings is 1. The zero-order valence-corrected chi connectivity index (χ0v) is 12.0. The van der Waals surface area contributed by atoms with Gasteiger partial charge in [0.15, 0.2) is 0 Å². The molecular formula is C12H16ClNO3S. The van der Waals surface area contributed by atoms with Gasteiger partial charge in [0.25, 0.3) is 9.05 Å². The second-order valence-corrected chi connectivity index (χ2v) is 7.01. The van der Waals surface area contributed by atoms with Crippen LogP contribution in [-0.4, -0.2) is 27.6 Å². The quantitative estimate of drug-likeness (QED) is 0.803. The number of anilines is 1. The van der Waals surface area contributed by atoms with Crippen LogP contribution in [0.1, 0.15) is 20.3 Å². The first-order chi connectivity index (χ1) is 8.41. The maximum Gasteiger partial charge on any atom is 0.261 e. The Morgan fingerprint density at radius 1 is 1.50 bits per heavy atom. The molecule has 6 heteroatoms. The molecule has 1 heterocycles. The van der Waals surface area contributed by atoms with E-state index in [1.165, 1.54) is 6.07 Å². The molecule has 0 aromatic heterocycles. The normalized spacial score (nSPS) is 19.3. The smallest absolute Gasteiger partial charge is 0.261 e. The second kappa shape index (κ2) is 4.97. The number of rotatable bonds is 3. The van der Waals surface area contributed by atoms with Gasteiger partial charge >= 0.3 is 0 Å². The molecular weight excluding hydrogens is 274 g/mol. The van der Waals surface area contributed by atoms with E-state index in [-0.39, 0.29) is 11.0 Å². The van der Waals surface area contributed by atoms with Gasteiger partial charge in [-0.1, -0.05) is 6.92 Å². The van der Waals surface area contributed by atoms with Crippen LogP contribution in [0.25, 0.3) is 0 Å². The summed E-state index contributed by atoms with van der Waals surface area (Å²) in [5, 5.41) is 0. The third-order valence-corrected chi connectivity index (χ3v) is 4.20. The van der Waals surface area contributed by atoms with Crippen LogP contribution in [0.4, 0.5) is 5.69 Å². The Kier molecular flexibility index (Phi) is 3.73. The first-order valence-electron chi connectivity index (χ1n) is 5.92. The van der Waals surface area contributed by atoms with Crippen molar-refractivity contribution >= 4 is 25.4 Å². The maximum absolute atomic E-state index is 11.4. The predicted octanol–water partition coefficient (Wildman–Crippen LogP) is 2.61. The van der Waals surface area contributed by atoms with Gasteiger partial charge in [0.2, 0.25) is 0 Å². The lowest BCUT2D eigenvalue weighted by Crippen LogP contribution is -2.38. The molecule has 0 saturated carbocycles. The standard InChI is InChI=1S/C12H16ClNO3S/c1-3-6-14-8-9(2)17-12-5-4-10(7-11(12)14)18(13,15)16/h4-5,7,9H,3,6,8H2,1-2H3. The highest BCUT2D eigenvalue weighted by atomic mass is 35.7. The van der Waals surface area contributed by atoms with Crippen LogP contribution in [0.5, 0.6) is 5.75 Å². The number of halogens is 1. The number of nitrogens with zero attached hydrogens (tertiary/aromatic N) is 1. The minimum absolute atomic E-state index is 0.0995. The van der Waals surface area contributed by atoms with Crippen LogP contribution in [-0.2, 0) is 9.05 Å². The Bertz CT molecular complexity index is 544. The molecule has 1 aliphatic rings. The first-order valence-corrected chi connectivity index (χ1v) is 8.23. The molecule has 0 spiro atoms. The Hall–Kier alpha value is -0.940. The van der Waals surface area contributed by atoms with Gasteiger partial charge in [-0.15, -0.1) is 0 Å². The summed E-state index contributed by atoms with van der Waals surface area (Å²) in [4.78, 5) is 2.25. The third-order valence-electron chi connectivity index (χ3n) is 2.85. The monoisotopic (exact) mass is 289 g/mol. The fraction of sp³-hybridized carbons (Fsp3) is 0.500. The van der Waals surface area contributed by atoms with E-state index in [0.29, 0.717) is 5.75 Å². The van der Waals surface area contributed by atoms with Crippen molar-refractivity contribution in [2.45, 2.75) is 31.3 Å². The molecule has 0 saturated heterocycles. The van der Waals surface area contributed by atoms with Crippen molar-refractivity contribution in [3.05, 3.63) is 18.2 Å². The van der Waals surface area contributed by atoms with Crippen LogP contribution in [0.3, 0.4) is 0 Å². The van der Waals surface area contributed by atoms with Crippen molar-refractivity contribution in [1.82, 2.24) is 0 Å². The van der Waals surface area contributed by atoms with Gasteiger partial charge in [0.1, 0.15) is 11.9 Å². The van der Waals surface area contributed by atoms with E-state index >= 15 is 0 Å². The van der Waals surface area contributed by atoms with Crippen LogP contribution in [0.2, 0.25) is 0 Å². The minimum atomic E-state index is -3.70. The molecule has 100 valence electrons. The van der Waals surface area contributed by atoms with Crippen LogP contribution >= 0.6 is 10.7 Å². The lowest BCUT2D eigenvalue weighted by Gasteiger charge is -2.35. The molecule has 0 radical (unpaired) electrons. The first kappa shape index (κ1) is 13.5. The molecule has 2 rings (SSSR count). The summed E-state index contributed by atoms with van der Waals surface area (Å²) in [6.45, 7) is 5.71. The highest BCUT2D eigenvalue weighted by molar-refractivity contribution is 8.13. The molecule has 1 aliphatic heterocycles. The van der Waals surface area contributed by atoms with Crippen molar-refractivity contribution < 1.29 is 13.2 Å². The van der Waals surface area contributed by atoms with E-state index in [1.54, 1.807) is 12.1 Å². The summed E-state index contributed by atoms with van der Waals surface area (Å²) in [5.41, 5.74) is 0.802. The second-order valence-electron chi connectivity index (χ2n) is 4.44. The Labute approximate surface area is 112 Å². The molecule has 1 atom stereocenters. The fourth-order valence-electron chi connectivity index (χ4n) is 2.14. The van der Waals surface area contributed by atoms with Crippen molar-refractivity contribution in [1.29, 1.82) is 0 Å². The summed E-state index contributed by atoms with van der Waals surface area (Å²) < 4.78 is 28.4. The summed E-state index contributed by atoms with van der Waals surface area (Å²) in [5.74, 6) is 0.714. The van der Waals surface area contributed by atoms with Gasteiger partial charge < -0.3 is 9.64 Å². The molecule has 0 aliphatic carbocycles. The topological polar surface area (TPSA) is 46.6 Å². The van der Waals surface area contributed by atoms with Crippen molar-refractivity contribution in [3.63, 3.8) is 0 Å². The Morgan fingerprint density at radius 3 is 2.83 bits per heavy atom. The Morgan fingerprint density at radius 2 is 2.22 bits per heavy atom. The van der Waals surface area contributed by atoms with Gasteiger partial charge in [0, 0.05) is 17.2 Å². The van der Waals surface area contributed by atoms with Crippen molar-refractivity contribution in [3.8, 4) is 5.75 Å². The van der Waals surface area contributed by atoms with Crippen LogP contribution < -0.4 is 9.64 Å². The van der Waals surface area contributed by atoms with Crippen molar-refractivity contribution in [2.75, 3.05) is 18.0 Å². The Balaban J connectivity index is 2.46. The van der Waals surface area contributed by atoms with E-state index in [9.17, 15) is 8.42 Å². The number of fused-ring (bicyclic) bond motifs is 1. The number of hydrogen-bond acceptors (Lipinski definition) is 4. The van der Waals surface area contributed by atoms with E-state index in [1.807, 2.05) is 6.92 Å². The zero-order valence-electron chi connectivity index (χ0n) is 10.4. The molecule has 18 heavy (non-hydrogen) atoms. The predicted molar refractivity (Wildman–Crippen MR) is 72.1 cm³/mol. The van der Waals surface area contributed by atoms with Gasteiger partial charge in [-0.25, -0.2) is 8.42 Å². The van der Waals surface area contributed by atoms with E-state index in [2.05, 4.69) is 11.8 Å². The molecule has 1 aromatic carbocycles.